The molecule has 0 radical (unpaired) electrons. The van der Waals surface area contributed by atoms with Crippen molar-refractivity contribution in [2.45, 2.75) is 18.6 Å². The van der Waals surface area contributed by atoms with Gasteiger partial charge in [-0.05, 0) is 17.7 Å². The molecule has 1 fully saturated rings. The van der Waals surface area contributed by atoms with Gasteiger partial charge in [0.05, 0.1) is 6.67 Å². The zero-order valence-electron chi connectivity index (χ0n) is 6.87. The van der Waals surface area contributed by atoms with Crippen molar-refractivity contribution in [2.24, 2.45) is 0 Å². The monoisotopic (exact) mass is 210 g/mol. The minimum absolute atomic E-state index is 0.582. The standard InChI is InChI=1S/C6H14N2S3/c1-3-9-6-7-5-8(11-6)10-4-2/h6-7H,3-5H2,1-2H3. The van der Waals surface area contributed by atoms with Gasteiger partial charge in [0.2, 0.25) is 0 Å². The minimum Gasteiger partial charge on any atom is -0.281 e. The molecule has 0 aliphatic carbocycles. The van der Waals surface area contributed by atoms with Crippen molar-refractivity contribution < 1.29 is 0 Å². The highest BCUT2D eigenvalue weighted by molar-refractivity contribution is 8.20. The second-order valence-electron chi connectivity index (χ2n) is 2.01. The number of nitrogens with zero attached hydrogens (tertiary/aromatic N) is 1. The van der Waals surface area contributed by atoms with Gasteiger partial charge in [0.25, 0.3) is 0 Å². The van der Waals surface area contributed by atoms with Crippen molar-refractivity contribution >= 4 is 35.7 Å². The van der Waals surface area contributed by atoms with Crippen molar-refractivity contribution in [1.29, 1.82) is 0 Å². The third-order valence-corrected chi connectivity index (χ3v) is 4.63. The smallest absolute Gasteiger partial charge is 0.117 e. The summed E-state index contributed by atoms with van der Waals surface area (Å²) in [5, 5.41) is 3.42. The fraction of sp³-hybridized carbons (Fsp3) is 1.00. The fourth-order valence-corrected chi connectivity index (χ4v) is 4.20. The normalized spacial score (nSPS) is 26.2. The van der Waals surface area contributed by atoms with Crippen LogP contribution in [0.15, 0.2) is 0 Å². The molecule has 0 aromatic rings. The van der Waals surface area contributed by atoms with Gasteiger partial charge in [-0.15, -0.1) is 11.8 Å². The van der Waals surface area contributed by atoms with Gasteiger partial charge in [-0.2, -0.15) is 3.71 Å². The topological polar surface area (TPSA) is 15.3 Å². The van der Waals surface area contributed by atoms with Crippen LogP contribution in [-0.4, -0.2) is 26.6 Å². The van der Waals surface area contributed by atoms with Crippen molar-refractivity contribution in [1.82, 2.24) is 9.03 Å². The highest BCUT2D eigenvalue weighted by atomic mass is 32.2. The van der Waals surface area contributed by atoms with Crippen LogP contribution in [0.2, 0.25) is 0 Å². The Balaban J connectivity index is 2.12. The molecule has 2 nitrogen and oxygen atoms in total. The number of thioether (sulfide) groups is 1. The molecule has 1 aliphatic heterocycles. The SMILES string of the molecule is CCSC1NCN(SCC)S1. The molecule has 0 saturated carbocycles. The van der Waals surface area contributed by atoms with Crippen LogP contribution >= 0.6 is 35.7 Å². The lowest BCUT2D eigenvalue weighted by Gasteiger charge is -2.09. The van der Waals surface area contributed by atoms with Crippen molar-refractivity contribution in [2.75, 3.05) is 18.2 Å². The van der Waals surface area contributed by atoms with E-state index in [-0.39, 0.29) is 0 Å². The summed E-state index contributed by atoms with van der Waals surface area (Å²) in [6, 6.07) is 0. The highest BCUT2D eigenvalue weighted by Crippen LogP contribution is 2.33. The molecule has 66 valence electrons. The summed E-state index contributed by atoms with van der Waals surface area (Å²) in [4.78, 5) is 0. The first-order valence-electron chi connectivity index (χ1n) is 3.79. The summed E-state index contributed by atoms with van der Waals surface area (Å²) < 4.78 is 2.90. The van der Waals surface area contributed by atoms with Crippen LogP contribution in [-0.2, 0) is 0 Å². The maximum atomic E-state index is 3.42. The largest absolute Gasteiger partial charge is 0.281 e. The highest BCUT2D eigenvalue weighted by Gasteiger charge is 2.21. The molecule has 1 unspecified atom stereocenters. The Kier molecular flexibility index (Phi) is 5.11. The number of hydrogen-bond acceptors (Lipinski definition) is 5. The molecule has 0 amide bonds. The van der Waals surface area contributed by atoms with Crippen LogP contribution in [0.25, 0.3) is 0 Å². The Morgan fingerprint density at radius 2 is 2.36 bits per heavy atom. The van der Waals surface area contributed by atoms with Gasteiger partial charge in [-0.25, -0.2) is 0 Å². The summed E-state index contributed by atoms with van der Waals surface area (Å²) in [7, 11) is 0. The Morgan fingerprint density at radius 1 is 1.55 bits per heavy atom. The van der Waals surface area contributed by atoms with E-state index in [2.05, 4.69) is 22.9 Å². The Labute approximate surface area is 81.5 Å². The zero-order valence-corrected chi connectivity index (χ0v) is 9.32. The molecule has 0 aromatic carbocycles. The predicted octanol–water partition coefficient (Wildman–Crippen LogP) is 2.20. The quantitative estimate of drug-likeness (QED) is 0.713. The van der Waals surface area contributed by atoms with Crippen LogP contribution in [0.3, 0.4) is 0 Å². The summed E-state index contributed by atoms with van der Waals surface area (Å²) in [5.74, 6) is 2.35. The lowest BCUT2D eigenvalue weighted by Crippen LogP contribution is -2.17. The van der Waals surface area contributed by atoms with Gasteiger partial charge in [0.1, 0.15) is 4.71 Å². The molecule has 11 heavy (non-hydrogen) atoms. The Hall–Kier alpha value is 0.970. The van der Waals surface area contributed by atoms with Gasteiger partial charge < -0.3 is 0 Å². The lowest BCUT2D eigenvalue weighted by molar-refractivity contribution is 0.679. The van der Waals surface area contributed by atoms with E-state index in [1.165, 1.54) is 5.75 Å². The van der Waals surface area contributed by atoms with Crippen LogP contribution in [0, 0.1) is 0 Å². The van der Waals surface area contributed by atoms with E-state index in [1.54, 1.807) is 0 Å². The van der Waals surface area contributed by atoms with Crippen LogP contribution in [0.5, 0.6) is 0 Å². The van der Waals surface area contributed by atoms with Crippen molar-refractivity contribution in [3.63, 3.8) is 0 Å². The van der Waals surface area contributed by atoms with Gasteiger partial charge >= 0.3 is 0 Å². The second-order valence-corrected chi connectivity index (χ2v) is 6.32. The molecule has 0 spiro atoms. The Bertz CT molecular complexity index is 100. The molecule has 0 bridgehead atoms. The summed E-state index contributed by atoms with van der Waals surface area (Å²) in [6.07, 6.45) is 0. The molecule has 1 atom stereocenters. The molecular formula is C6H14N2S3. The van der Waals surface area contributed by atoms with E-state index >= 15 is 0 Å². The van der Waals surface area contributed by atoms with Crippen LogP contribution in [0.1, 0.15) is 13.8 Å². The van der Waals surface area contributed by atoms with Crippen molar-refractivity contribution in [3.05, 3.63) is 0 Å². The zero-order chi connectivity index (χ0) is 8.10. The van der Waals surface area contributed by atoms with E-state index in [4.69, 9.17) is 0 Å². The summed E-state index contributed by atoms with van der Waals surface area (Å²) in [6.45, 7) is 5.40. The van der Waals surface area contributed by atoms with E-state index in [0.717, 1.165) is 12.4 Å². The average molecular weight is 210 g/mol. The third kappa shape index (κ3) is 3.46. The number of nitrogens with one attached hydrogen (secondary N) is 1. The predicted molar refractivity (Wildman–Crippen MR) is 57.5 cm³/mol. The van der Waals surface area contributed by atoms with Gasteiger partial charge in [0.15, 0.2) is 0 Å². The number of rotatable bonds is 4. The second kappa shape index (κ2) is 5.59. The molecule has 1 aliphatic rings. The molecule has 5 heteroatoms. The van der Waals surface area contributed by atoms with Crippen LogP contribution < -0.4 is 5.32 Å². The molecule has 1 heterocycles. The first-order valence-corrected chi connectivity index (χ1v) is 6.61. The van der Waals surface area contributed by atoms with E-state index in [9.17, 15) is 0 Å². The summed E-state index contributed by atoms with van der Waals surface area (Å²) in [5.41, 5.74) is 0. The van der Waals surface area contributed by atoms with Crippen molar-refractivity contribution in [3.8, 4) is 0 Å². The first kappa shape index (κ1) is 10.1. The Morgan fingerprint density at radius 3 is 3.00 bits per heavy atom. The molecule has 1 saturated heterocycles. The average Bonchev–Trinajstić information content (AvgIpc) is 2.38. The molecule has 1 N–H and O–H groups in total. The maximum absolute atomic E-state index is 3.42. The van der Waals surface area contributed by atoms with E-state index in [0.29, 0.717) is 4.71 Å². The fourth-order valence-electron chi connectivity index (χ4n) is 0.791. The van der Waals surface area contributed by atoms with E-state index in [1.807, 2.05) is 35.7 Å². The lowest BCUT2D eigenvalue weighted by atomic mass is 11.0. The minimum atomic E-state index is 0.582. The van der Waals surface area contributed by atoms with Gasteiger partial charge in [-0.3, -0.25) is 5.32 Å². The van der Waals surface area contributed by atoms with E-state index < -0.39 is 0 Å². The number of hydrogen-bond donors (Lipinski definition) is 1. The first-order chi connectivity index (χ1) is 5.36. The molecule has 1 rings (SSSR count). The molecule has 0 aromatic heterocycles. The summed E-state index contributed by atoms with van der Waals surface area (Å²) >= 11 is 5.76. The molecular weight excluding hydrogens is 196 g/mol. The third-order valence-electron chi connectivity index (χ3n) is 1.19. The van der Waals surface area contributed by atoms with Gasteiger partial charge in [-0.1, -0.05) is 25.8 Å². The van der Waals surface area contributed by atoms with Gasteiger partial charge in [0, 0.05) is 5.75 Å². The van der Waals surface area contributed by atoms with Crippen LogP contribution in [0.4, 0.5) is 0 Å². The maximum Gasteiger partial charge on any atom is 0.117 e.